The highest BCUT2D eigenvalue weighted by Crippen LogP contribution is 2.22. The summed E-state index contributed by atoms with van der Waals surface area (Å²) in [4.78, 5) is 17.9. The van der Waals surface area contributed by atoms with Gasteiger partial charge in [0, 0.05) is 19.3 Å². The molecule has 0 aromatic carbocycles. The molecule has 1 aromatic heterocycles. The zero-order chi connectivity index (χ0) is 13.0. The molecule has 2 rings (SSSR count). The molecule has 0 saturated carbocycles. The van der Waals surface area contributed by atoms with Crippen LogP contribution < -0.4 is 4.74 Å². The summed E-state index contributed by atoms with van der Waals surface area (Å²) in [6.45, 7) is 3.40. The first-order valence-corrected chi connectivity index (χ1v) is 6.62. The van der Waals surface area contributed by atoms with Gasteiger partial charge in [-0.2, -0.15) is 0 Å². The number of carbonyl (C=O) groups is 1. The number of halogens is 1. The fraction of sp³-hybridized carbons (Fsp3) is 0.538. The average Bonchev–Trinajstić information content (AvgIpc) is 2.41. The SMILES string of the molecule is CC(Oc1cccnc1Cl)C(=O)N1CCCCC1. The highest BCUT2D eigenvalue weighted by Gasteiger charge is 2.23. The Morgan fingerprint density at radius 3 is 2.83 bits per heavy atom. The van der Waals surface area contributed by atoms with Crippen LogP contribution in [-0.4, -0.2) is 35.0 Å². The quantitative estimate of drug-likeness (QED) is 0.791. The zero-order valence-electron chi connectivity index (χ0n) is 10.4. The van der Waals surface area contributed by atoms with Crippen LogP contribution in [0.25, 0.3) is 0 Å². The molecule has 1 aromatic rings. The van der Waals surface area contributed by atoms with E-state index in [9.17, 15) is 4.79 Å². The summed E-state index contributed by atoms with van der Waals surface area (Å²) in [5.74, 6) is 0.478. The van der Waals surface area contributed by atoms with E-state index in [1.807, 2.05) is 4.90 Å². The number of nitrogens with zero attached hydrogens (tertiary/aromatic N) is 2. The van der Waals surface area contributed by atoms with Crippen molar-refractivity contribution in [2.45, 2.75) is 32.3 Å². The Kier molecular flexibility index (Phi) is 4.42. The summed E-state index contributed by atoms with van der Waals surface area (Å²) in [5.41, 5.74) is 0. The maximum Gasteiger partial charge on any atom is 0.263 e. The third kappa shape index (κ3) is 3.13. The molecule has 0 N–H and O–H groups in total. The van der Waals surface area contributed by atoms with Crippen LogP contribution in [0, 0.1) is 0 Å². The number of carbonyl (C=O) groups excluding carboxylic acids is 1. The van der Waals surface area contributed by atoms with Gasteiger partial charge in [-0.1, -0.05) is 11.6 Å². The molecule has 98 valence electrons. The van der Waals surface area contributed by atoms with Gasteiger partial charge in [0.05, 0.1) is 0 Å². The molecule has 18 heavy (non-hydrogen) atoms. The van der Waals surface area contributed by atoms with Crippen LogP contribution in [0.2, 0.25) is 5.15 Å². The van der Waals surface area contributed by atoms with Crippen LogP contribution in [0.5, 0.6) is 5.75 Å². The van der Waals surface area contributed by atoms with Crippen LogP contribution in [0.15, 0.2) is 18.3 Å². The zero-order valence-corrected chi connectivity index (χ0v) is 11.2. The lowest BCUT2D eigenvalue weighted by molar-refractivity contribution is -0.138. The molecule has 1 amide bonds. The Balaban J connectivity index is 1.96. The number of amides is 1. The van der Waals surface area contributed by atoms with Gasteiger partial charge < -0.3 is 9.64 Å². The number of likely N-dealkylation sites (tertiary alicyclic amines) is 1. The molecule has 0 spiro atoms. The Bertz CT molecular complexity index is 419. The summed E-state index contributed by atoms with van der Waals surface area (Å²) < 4.78 is 5.57. The van der Waals surface area contributed by atoms with E-state index in [1.54, 1.807) is 25.3 Å². The van der Waals surface area contributed by atoms with Crippen molar-refractivity contribution in [1.29, 1.82) is 0 Å². The van der Waals surface area contributed by atoms with Gasteiger partial charge in [-0.05, 0) is 38.3 Å². The Labute approximate surface area is 112 Å². The van der Waals surface area contributed by atoms with Crippen LogP contribution >= 0.6 is 11.6 Å². The number of hydrogen-bond acceptors (Lipinski definition) is 3. The molecule has 1 atom stereocenters. The monoisotopic (exact) mass is 268 g/mol. The first kappa shape index (κ1) is 13.1. The second-order valence-electron chi connectivity index (χ2n) is 4.44. The maximum atomic E-state index is 12.2. The largest absolute Gasteiger partial charge is 0.478 e. The molecule has 1 fully saturated rings. The van der Waals surface area contributed by atoms with Crippen LogP contribution in [0.4, 0.5) is 0 Å². The molecular formula is C13H17ClN2O2. The van der Waals surface area contributed by atoms with Crippen molar-refractivity contribution >= 4 is 17.5 Å². The summed E-state index contributed by atoms with van der Waals surface area (Å²) in [7, 11) is 0. The Morgan fingerprint density at radius 1 is 1.44 bits per heavy atom. The standard InChI is InChI=1S/C13H17ClN2O2/c1-10(13(17)16-8-3-2-4-9-16)18-11-6-5-7-15-12(11)14/h5-7,10H,2-4,8-9H2,1H3. The van der Waals surface area contributed by atoms with Gasteiger partial charge in [0.1, 0.15) is 0 Å². The maximum absolute atomic E-state index is 12.2. The molecule has 1 unspecified atom stereocenters. The minimum atomic E-state index is -0.523. The van der Waals surface area contributed by atoms with Gasteiger partial charge in [-0.15, -0.1) is 0 Å². The average molecular weight is 269 g/mol. The number of aromatic nitrogens is 1. The Hall–Kier alpha value is -1.29. The van der Waals surface area contributed by atoms with Gasteiger partial charge in [0.2, 0.25) is 0 Å². The fourth-order valence-electron chi connectivity index (χ4n) is 2.07. The molecule has 5 heteroatoms. The van der Waals surface area contributed by atoms with Gasteiger partial charge in [0.25, 0.3) is 5.91 Å². The van der Waals surface area contributed by atoms with Crippen LogP contribution in [0.1, 0.15) is 26.2 Å². The van der Waals surface area contributed by atoms with Gasteiger partial charge in [0.15, 0.2) is 17.0 Å². The van der Waals surface area contributed by atoms with Gasteiger partial charge in [-0.25, -0.2) is 4.98 Å². The number of piperidine rings is 1. The predicted octanol–water partition coefficient (Wildman–Crippen LogP) is 2.51. The normalized spacial score (nSPS) is 17.3. The van der Waals surface area contributed by atoms with Crippen molar-refractivity contribution in [3.8, 4) is 5.75 Å². The van der Waals surface area contributed by atoms with Crippen molar-refractivity contribution in [3.05, 3.63) is 23.5 Å². The number of pyridine rings is 1. The van der Waals surface area contributed by atoms with Crippen molar-refractivity contribution in [3.63, 3.8) is 0 Å². The van der Waals surface area contributed by atoms with E-state index in [1.165, 1.54) is 6.42 Å². The minimum Gasteiger partial charge on any atom is -0.478 e. The number of rotatable bonds is 3. The molecule has 2 heterocycles. The van der Waals surface area contributed by atoms with E-state index in [2.05, 4.69) is 4.98 Å². The minimum absolute atomic E-state index is 0.0228. The van der Waals surface area contributed by atoms with E-state index in [4.69, 9.17) is 16.3 Å². The lowest BCUT2D eigenvalue weighted by Gasteiger charge is -2.29. The van der Waals surface area contributed by atoms with E-state index in [0.29, 0.717) is 5.75 Å². The third-order valence-corrected chi connectivity index (χ3v) is 3.33. The third-order valence-electron chi connectivity index (χ3n) is 3.04. The van der Waals surface area contributed by atoms with Gasteiger partial charge in [-0.3, -0.25) is 4.79 Å². The first-order valence-electron chi connectivity index (χ1n) is 6.24. The van der Waals surface area contributed by atoms with Crippen molar-refractivity contribution in [2.75, 3.05) is 13.1 Å². The molecule has 1 aliphatic rings. The predicted molar refractivity (Wildman–Crippen MR) is 69.8 cm³/mol. The van der Waals surface area contributed by atoms with E-state index >= 15 is 0 Å². The fourth-order valence-corrected chi connectivity index (χ4v) is 2.24. The van der Waals surface area contributed by atoms with Crippen molar-refractivity contribution in [1.82, 2.24) is 9.88 Å². The van der Waals surface area contributed by atoms with Crippen LogP contribution in [-0.2, 0) is 4.79 Å². The second-order valence-corrected chi connectivity index (χ2v) is 4.80. The number of ether oxygens (including phenoxy) is 1. The highest BCUT2D eigenvalue weighted by molar-refractivity contribution is 6.30. The highest BCUT2D eigenvalue weighted by atomic mass is 35.5. The summed E-state index contributed by atoms with van der Waals surface area (Å²) in [6.07, 6.45) is 4.42. The summed E-state index contributed by atoms with van der Waals surface area (Å²) >= 11 is 5.90. The lowest BCUT2D eigenvalue weighted by atomic mass is 10.1. The van der Waals surface area contributed by atoms with E-state index < -0.39 is 6.10 Å². The summed E-state index contributed by atoms with van der Waals surface area (Å²) in [6, 6.07) is 3.45. The molecule has 1 saturated heterocycles. The molecular weight excluding hydrogens is 252 g/mol. The van der Waals surface area contributed by atoms with E-state index in [0.717, 1.165) is 25.9 Å². The summed E-state index contributed by atoms with van der Waals surface area (Å²) in [5, 5.41) is 0.288. The van der Waals surface area contributed by atoms with Crippen molar-refractivity contribution < 1.29 is 9.53 Å². The Morgan fingerprint density at radius 2 is 2.17 bits per heavy atom. The molecule has 0 radical (unpaired) electrons. The van der Waals surface area contributed by atoms with Gasteiger partial charge >= 0.3 is 0 Å². The van der Waals surface area contributed by atoms with E-state index in [-0.39, 0.29) is 11.1 Å². The lowest BCUT2D eigenvalue weighted by Crippen LogP contribution is -2.43. The topological polar surface area (TPSA) is 42.4 Å². The molecule has 4 nitrogen and oxygen atoms in total. The second kappa shape index (κ2) is 6.05. The van der Waals surface area contributed by atoms with Crippen LogP contribution in [0.3, 0.4) is 0 Å². The molecule has 0 aliphatic carbocycles. The first-order chi connectivity index (χ1) is 8.68. The molecule has 0 bridgehead atoms. The van der Waals surface area contributed by atoms with Crippen molar-refractivity contribution in [2.24, 2.45) is 0 Å². The number of hydrogen-bond donors (Lipinski definition) is 0. The molecule has 1 aliphatic heterocycles. The smallest absolute Gasteiger partial charge is 0.263 e.